The number of methoxy groups -OCH3 is 2. The molecule has 0 radical (unpaired) electrons. The Morgan fingerprint density at radius 1 is 1.27 bits per heavy atom. The minimum absolute atomic E-state index is 0.0501. The first kappa shape index (κ1) is 19.6. The second kappa shape index (κ2) is 9.10. The Morgan fingerprint density at radius 2 is 2.04 bits per heavy atom. The van der Waals surface area contributed by atoms with Crippen molar-refractivity contribution in [2.45, 2.75) is 18.4 Å². The average Bonchev–Trinajstić information content (AvgIpc) is 2.63. The van der Waals surface area contributed by atoms with Crippen LogP contribution in [-0.2, 0) is 4.79 Å². The zero-order valence-corrected chi connectivity index (χ0v) is 15.6. The number of pyridine rings is 1. The number of carbonyl (C=O) groups is 2. The van der Waals surface area contributed by atoms with Gasteiger partial charge < -0.3 is 19.9 Å². The van der Waals surface area contributed by atoms with Gasteiger partial charge in [0.05, 0.1) is 30.5 Å². The zero-order chi connectivity index (χ0) is 19.1. The molecule has 0 unspecified atom stereocenters. The fourth-order valence-corrected chi connectivity index (χ4v) is 3.19. The molecule has 1 amide bonds. The van der Waals surface area contributed by atoms with Crippen LogP contribution in [0.25, 0.3) is 0 Å². The number of benzene rings is 1. The van der Waals surface area contributed by atoms with E-state index in [1.165, 1.54) is 32.0 Å². The number of hydrogen-bond acceptors (Lipinski definition) is 6. The van der Waals surface area contributed by atoms with Crippen molar-refractivity contribution in [2.24, 2.45) is 0 Å². The molecule has 8 heteroatoms. The Morgan fingerprint density at radius 3 is 2.62 bits per heavy atom. The molecule has 0 fully saturated rings. The summed E-state index contributed by atoms with van der Waals surface area (Å²) < 4.78 is 10.5. The number of hydrogen-bond donors (Lipinski definition) is 2. The Balaban J connectivity index is 2.14. The lowest BCUT2D eigenvalue weighted by Gasteiger charge is -2.17. The van der Waals surface area contributed by atoms with Crippen LogP contribution in [0.15, 0.2) is 35.5 Å². The first-order valence-electron chi connectivity index (χ1n) is 7.80. The van der Waals surface area contributed by atoms with Gasteiger partial charge in [-0.1, -0.05) is 6.07 Å². The number of thioether (sulfide) groups is 1. The van der Waals surface area contributed by atoms with Crippen LogP contribution in [0.1, 0.15) is 22.3 Å². The molecule has 0 spiro atoms. The molecule has 7 nitrogen and oxygen atoms in total. The molecule has 1 aromatic heterocycles. The van der Waals surface area contributed by atoms with Crippen LogP contribution >= 0.6 is 11.8 Å². The topological polar surface area (TPSA) is 97.8 Å². The second-order valence-electron chi connectivity index (χ2n) is 5.28. The lowest BCUT2D eigenvalue weighted by Crippen LogP contribution is -2.17. The van der Waals surface area contributed by atoms with E-state index in [1.807, 2.05) is 18.2 Å². The van der Waals surface area contributed by atoms with E-state index in [2.05, 4.69) is 10.3 Å². The first-order chi connectivity index (χ1) is 12.5. The molecule has 26 heavy (non-hydrogen) atoms. The summed E-state index contributed by atoms with van der Waals surface area (Å²) >= 11 is 1.45. The van der Waals surface area contributed by atoms with Crippen molar-refractivity contribution >= 4 is 29.3 Å². The van der Waals surface area contributed by atoms with E-state index >= 15 is 0 Å². The van der Waals surface area contributed by atoms with Crippen molar-refractivity contribution in [1.29, 1.82) is 0 Å². The number of amides is 1. The van der Waals surface area contributed by atoms with Gasteiger partial charge in [-0.15, -0.1) is 11.8 Å². The van der Waals surface area contributed by atoms with Gasteiger partial charge >= 0.3 is 5.97 Å². The molecule has 2 N–H and O–H groups in total. The number of carboxylic acids is 1. The third-order valence-electron chi connectivity index (χ3n) is 3.62. The highest BCUT2D eigenvalue weighted by Gasteiger charge is 2.22. The van der Waals surface area contributed by atoms with Gasteiger partial charge in [0.1, 0.15) is 0 Å². The molecule has 0 saturated heterocycles. The molecule has 0 atom stereocenters. The zero-order valence-electron chi connectivity index (χ0n) is 14.7. The van der Waals surface area contributed by atoms with Gasteiger partial charge in [0.15, 0.2) is 11.5 Å². The minimum Gasteiger partial charge on any atom is -0.493 e. The standard InChI is InChI=1S/C18H20N2O5S/c1-11-16(12(18(22)23)10-13(24-2)17(11)25-3)20-14(21)7-9-26-15-6-4-5-8-19-15/h4-6,8,10H,7,9H2,1-3H3,(H,20,21)(H,22,23). The van der Waals surface area contributed by atoms with Crippen LogP contribution < -0.4 is 14.8 Å². The fraction of sp³-hybridized carbons (Fsp3) is 0.278. The molecule has 138 valence electrons. The van der Waals surface area contributed by atoms with E-state index in [0.717, 1.165) is 5.03 Å². The van der Waals surface area contributed by atoms with Crippen molar-refractivity contribution < 1.29 is 24.2 Å². The van der Waals surface area contributed by atoms with Crippen molar-refractivity contribution in [1.82, 2.24) is 4.98 Å². The van der Waals surface area contributed by atoms with Gasteiger partial charge in [0.2, 0.25) is 5.91 Å². The second-order valence-corrected chi connectivity index (χ2v) is 6.39. The number of aromatic carboxylic acids is 1. The van der Waals surface area contributed by atoms with Gasteiger partial charge in [-0.2, -0.15) is 0 Å². The summed E-state index contributed by atoms with van der Waals surface area (Å²) in [6.45, 7) is 1.67. The summed E-state index contributed by atoms with van der Waals surface area (Å²) in [5.74, 6) is -0.238. The third-order valence-corrected chi connectivity index (χ3v) is 4.57. The normalized spacial score (nSPS) is 10.3. The number of aromatic nitrogens is 1. The lowest BCUT2D eigenvalue weighted by atomic mass is 10.1. The van der Waals surface area contributed by atoms with E-state index in [1.54, 1.807) is 13.1 Å². The van der Waals surface area contributed by atoms with Crippen molar-refractivity contribution in [3.05, 3.63) is 41.6 Å². The molecule has 0 aliphatic heterocycles. The van der Waals surface area contributed by atoms with Crippen LogP contribution in [0, 0.1) is 6.92 Å². The van der Waals surface area contributed by atoms with E-state index in [-0.39, 0.29) is 23.6 Å². The van der Waals surface area contributed by atoms with Crippen molar-refractivity contribution in [3.8, 4) is 11.5 Å². The molecule has 2 aromatic rings. The lowest BCUT2D eigenvalue weighted by molar-refractivity contribution is -0.115. The van der Waals surface area contributed by atoms with Gasteiger partial charge in [0.25, 0.3) is 0 Å². The summed E-state index contributed by atoms with van der Waals surface area (Å²) in [6, 6.07) is 6.90. The molecule has 0 aliphatic carbocycles. The number of anilines is 1. The van der Waals surface area contributed by atoms with E-state index in [4.69, 9.17) is 9.47 Å². The Bertz CT molecular complexity index is 796. The predicted molar refractivity (Wildman–Crippen MR) is 99.5 cm³/mol. The van der Waals surface area contributed by atoms with Crippen LogP contribution in [0.3, 0.4) is 0 Å². The highest BCUT2D eigenvalue weighted by atomic mass is 32.2. The predicted octanol–water partition coefficient (Wildman–Crippen LogP) is 3.23. The van der Waals surface area contributed by atoms with Gasteiger partial charge in [-0.3, -0.25) is 4.79 Å². The smallest absolute Gasteiger partial charge is 0.337 e. The van der Waals surface area contributed by atoms with E-state index in [0.29, 0.717) is 22.8 Å². The first-order valence-corrected chi connectivity index (χ1v) is 8.79. The number of ether oxygens (including phenoxy) is 2. The summed E-state index contributed by atoms with van der Waals surface area (Å²) in [5, 5.41) is 13.0. The summed E-state index contributed by atoms with van der Waals surface area (Å²) in [4.78, 5) is 28.0. The van der Waals surface area contributed by atoms with Crippen LogP contribution in [0.5, 0.6) is 11.5 Å². The number of rotatable bonds is 8. The number of carbonyl (C=O) groups excluding carboxylic acids is 1. The molecular formula is C18H20N2O5S. The Hall–Kier alpha value is -2.74. The summed E-state index contributed by atoms with van der Waals surface area (Å²) in [7, 11) is 2.89. The van der Waals surface area contributed by atoms with Gasteiger partial charge in [-0.25, -0.2) is 9.78 Å². The molecule has 2 rings (SSSR count). The molecule has 0 bridgehead atoms. The van der Waals surface area contributed by atoms with Gasteiger partial charge in [0, 0.05) is 30.0 Å². The fourth-order valence-electron chi connectivity index (χ4n) is 2.39. The highest BCUT2D eigenvalue weighted by Crippen LogP contribution is 2.38. The third kappa shape index (κ3) is 4.66. The largest absolute Gasteiger partial charge is 0.493 e. The maximum absolute atomic E-state index is 12.3. The van der Waals surface area contributed by atoms with E-state index in [9.17, 15) is 14.7 Å². The molecule has 1 aromatic carbocycles. The molecule has 0 aliphatic rings. The number of nitrogens with zero attached hydrogens (tertiary/aromatic N) is 1. The maximum Gasteiger partial charge on any atom is 0.337 e. The Kier molecular flexibility index (Phi) is 6.85. The molecule has 0 saturated carbocycles. The Labute approximate surface area is 155 Å². The summed E-state index contributed by atoms with van der Waals surface area (Å²) in [6.07, 6.45) is 1.91. The van der Waals surface area contributed by atoms with E-state index < -0.39 is 5.97 Å². The minimum atomic E-state index is -1.16. The maximum atomic E-state index is 12.3. The molecule has 1 heterocycles. The van der Waals surface area contributed by atoms with Crippen LogP contribution in [0.2, 0.25) is 0 Å². The van der Waals surface area contributed by atoms with Crippen molar-refractivity contribution in [2.75, 3.05) is 25.3 Å². The van der Waals surface area contributed by atoms with Crippen LogP contribution in [0.4, 0.5) is 5.69 Å². The number of nitrogens with one attached hydrogen (secondary N) is 1. The highest BCUT2D eigenvalue weighted by molar-refractivity contribution is 7.99. The average molecular weight is 376 g/mol. The van der Waals surface area contributed by atoms with Crippen LogP contribution in [-0.4, -0.2) is 41.9 Å². The molecular weight excluding hydrogens is 356 g/mol. The number of carboxylic acid groups (broad SMARTS) is 1. The quantitative estimate of drug-likeness (QED) is 0.683. The van der Waals surface area contributed by atoms with Gasteiger partial charge in [-0.05, 0) is 19.1 Å². The monoisotopic (exact) mass is 376 g/mol. The van der Waals surface area contributed by atoms with Crippen molar-refractivity contribution in [3.63, 3.8) is 0 Å². The SMILES string of the molecule is COc1cc(C(=O)O)c(NC(=O)CCSc2ccccn2)c(C)c1OC. The summed E-state index contributed by atoms with van der Waals surface area (Å²) in [5.41, 5.74) is 0.656.